The van der Waals surface area contributed by atoms with Crippen LogP contribution in [0.3, 0.4) is 0 Å². The summed E-state index contributed by atoms with van der Waals surface area (Å²) in [7, 11) is -9.00. The van der Waals surface area contributed by atoms with Gasteiger partial charge in [0.2, 0.25) is 5.91 Å². The van der Waals surface area contributed by atoms with Crippen LogP contribution >= 0.6 is 21.8 Å². The third-order valence-corrected chi connectivity index (χ3v) is 8.45. The van der Waals surface area contributed by atoms with Crippen molar-refractivity contribution in [3.05, 3.63) is 48.5 Å². The van der Waals surface area contributed by atoms with E-state index < -0.39 is 73.9 Å². The van der Waals surface area contributed by atoms with Gasteiger partial charge >= 0.3 is 10.2 Å². The summed E-state index contributed by atoms with van der Waals surface area (Å²) in [4.78, 5) is 32.4. The van der Waals surface area contributed by atoms with E-state index in [9.17, 15) is 42.2 Å². The van der Waals surface area contributed by atoms with Gasteiger partial charge in [-0.15, -0.1) is 0 Å². The van der Waals surface area contributed by atoms with Crippen molar-refractivity contribution in [1.29, 1.82) is 0 Å². The van der Waals surface area contributed by atoms with Crippen molar-refractivity contribution in [3.63, 3.8) is 0 Å². The molecule has 2 aromatic rings. The Balaban J connectivity index is 1.79. The Hall–Kier alpha value is -2.62. The molecule has 208 valence electrons. The molecule has 2 aliphatic carbocycles. The lowest BCUT2D eigenvalue weighted by molar-refractivity contribution is -0.130. The largest absolute Gasteiger partial charge is 0.351 e. The number of rotatable bonds is 7. The number of benzene rings is 1. The van der Waals surface area contributed by atoms with E-state index in [4.69, 9.17) is 11.6 Å². The highest BCUT2D eigenvalue weighted by Gasteiger charge is 2.65. The number of hydrogen-bond acceptors (Lipinski definition) is 4. The molecule has 2 bridgehead atoms. The first kappa shape index (κ1) is 28.4. The molecule has 2 fully saturated rings. The number of nitrogens with one attached hydrogen (secondary N) is 1. The third kappa shape index (κ3) is 5.16. The van der Waals surface area contributed by atoms with Crippen LogP contribution in [0.2, 0.25) is 0 Å². The fraction of sp³-hybridized carbons (Fsp3) is 0.429. The van der Waals surface area contributed by atoms with E-state index in [1.165, 1.54) is 0 Å². The van der Waals surface area contributed by atoms with Crippen molar-refractivity contribution in [2.45, 2.75) is 47.2 Å². The number of halogens is 9. The normalized spacial score (nSPS) is 26.5. The maximum atomic E-state index is 14.2. The van der Waals surface area contributed by atoms with E-state index in [2.05, 4.69) is 15.3 Å². The maximum absolute atomic E-state index is 14.2. The van der Waals surface area contributed by atoms with Gasteiger partial charge in [-0.05, 0) is 43.0 Å². The zero-order valence-electron chi connectivity index (χ0n) is 19.4. The summed E-state index contributed by atoms with van der Waals surface area (Å²) in [6.45, 7) is 0. The van der Waals surface area contributed by atoms with Crippen LogP contribution in [0.15, 0.2) is 47.9 Å². The molecule has 38 heavy (non-hydrogen) atoms. The summed E-state index contributed by atoms with van der Waals surface area (Å²) in [5.74, 6) is -7.07. The number of amides is 2. The average molecular weight is 591 g/mol. The number of hydrogen-bond donors (Lipinski definition) is 1. The van der Waals surface area contributed by atoms with E-state index in [1.54, 1.807) is 0 Å². The van der Waals surface area contributed by atoms with Crippen molar-refractivity contribution in [1.82, 2.24) is 15.3 Å². The Morgan fingerprint density at radius 3 is 2.13 bits per heavy atom. The standard InChI is InChI=1S/C21H20BClF8N4O2S/c22-21(13-8-32-10-33-9-13,19(37)34-16-6-12-5-11(16)7-20(12,25)26)35(18(36)17(23)24)14-1-3-15(4-2-14)38(27,28,29,30)31/h1-4,8-12,16-17H,5-7,22H2,(H,34,37)/t11?,12?,16-,17+,21-/m1/s1. The molecule has 6 nitrogen and oxygen atoms in total. The van der Waals surface area contributed by atoms with Crippen molar-refractivity contribution in [2.24, 2.45) is 11.8 Å². The van der Waals surface area contributed by atoms with Gasteiger partial charge in [0, 0.05) is 42.0 Å². The molecule has 0 radical (unpaired) electrons. The molecular formula is C21H20BClF8N4O2S. The summed E-state index contributed by atoms with van der Waals surface area (Å²) in [6.07, 6.45) is 2.82. The first-order valence-corrected chi connectivity index (χ1v) is 13.5. The Kier molecular flexibility index (Phi) is 6.31. The summed E-state index contributed by atoms with van der Waals surface area (Å²) in [6, 6.07) is 0.198. The molecule has 2 saturated carbocycles. The van der Waals surface area contributed by atoms with E-state index in [1.807, 2.05) is 0 Å². The molecule has 1 heterocycles. The highest BCUT2D eigenvalue weighted by atomic mass is 35.5. The maximum Gasteiger partial charge on any atom is 0.310 e. The highest BCUT2D eigenvalue weighted by Crippen LogP contribution is 3.02. The SMILES string of the molecule is B[C@](C(=O)N[C@@H]1CC2CC1CC2(F)F)(c1cncnc1)N(C(=O)[C@H](F)Cl)c1ccc(S(F)(F)(F)(F)F)cc1. The molecule has 1 aromatic heterocycles. The third-order valence-electron chi connectivity index (χ3n) is 7.10. The van der Waals surface area contributed by atoms with Gasteiger partial charge in [-0.1, -0.05) is 31.0 Å². The predicted molar refractivity (Wildman–Crippen MR) is 126 cm³/mol. The van der Waals surface area contributed by atoms with Crippen LogP contribution in [0.25, 0.3) is 0 Å². The minimum absolute atomic E-state index is 0.00350. The zero-order valence-corrected chi connectivity index (χ0v) is 21.0. The van der Waals surface area contributed by atoms with Crippen LogP contribution < -0.4 is 10.2 Å². The lowest BCUT2D eigenvalue weighted by Gasteiger charge is -2.43. The molecule has 2 amide bonds. The molecule has 0 aliphatic heterocycles. The molecule has 2 unspecified atom stereocenters. The average Bonchev–Trinajstić information content (AvgIpc) is 3.34. The second kappa shape index (κ2) is 8.44. The minimum Gasteiger partial charge on any atom is -0.351 e. The second-order valence-electron chi connectivity index (χ2n) is 9.61. The van der Waals surface area contributed by atoms with Crippen LogP contribution in [0.5, 0.6) is 0 Å². The van der Waals surface area contributed by atoms with Crippen LogP contribution in [0.4, 0.5) is 38.3 Å². The lowest BCUT2D eigenvalue weighted by atomic mass is 9.69. The minimum atomic E-state index is -10.1. The smallest absolute Gasteiger partial charge is 0.310 e. The van der Waals surface area contributed by atoms with Gasteiger partial charge in [0.15, 0.2) is 7.85 Å². The number of aromatic nitrogens is 2. The van der Waals surface area contributed by atoms with Gasteiger partial charge in [-0.25, -0.2) is 23.1 Å². The molecule has 0 spiro atoms. The molecular weight excluding hydrogens is 571 g/mol. The van der Waals surface area contributed by atoms with Gasteiger partial charge in [0.1, 0.15) is 16.7 Å². The Labute approximate surface area is 217 Å². The number of alkyl halides is 4. The van der Waals surface area contributed by atoms with E-state index >= 15 is 0 Å². The molecule has 4 rings (SSSR count). The topological polar surface area (TPSA) is 75.2 Å². The monoisotopic (exact) mass is 590 g/mol. The summed E-state index contributed by atoms with van der Waals surface area (Å²) >= 11 is 5.37. The van der Waals surface area contributed by atoms with Crippen LogP contribution in [0, 0.1) is 11.8 Å². The van der Waals surface area contributed by atoms with E-state index in [0.717, 1.165) is 26.6 Å². The van der Waals surface area contributed by atoms with E-state index in [-0.39, 0.29) is 30.5 Å². The number of anilines is 1. The van der Waals surface area contributed by atoms with Gasteiger partial charge in [-0.2, -0.15) is 0 Å². The predicted octanol–water partition coefficient (Wildman–Crippen LogP) is 5.04. The molecule has 1 N–H and O–H groups in total. The van der Waals surface area contributed by atoms with Crippen molar-refractivity contribution < 1.29 is 42.2 Å². The Morgan fingerprint density at radius 1 is 1.11 bits per heavy atom. The number of nitrogens with zero attached hydrogens (tertiary/aromatic N) is 3. The first-order chi connectivity index (χ1) is 17.2. The number of carbonyl (C=O) groups is 2. The van der Waals surface area contributed by atoms with Crippen molar-refractivity contribution >= 4 is 47.2 Å². The Morgan fingerprint density at radius 2 is 1.68 bits per heavy atom. The molecule has 17 heteroatoms. The molecule has 1 aromatic carbocycles. The molecule has 2 aliphatic rings. The second-order valence-corrected chi connectivity index (χ2v) is 12.4. The van der Waals surface area contributed by atoms with Gasteiger partial charge < -0.3 is 5.32 Å². The van der Waals surface area contributed by atoms with Crippen molar-refractivity contribution in [3.8, 4) is 0 Å². The quantitative estimate of drug-likeness (QED) is 0.279. The fourth-order valence-electron chi connectivity index (χ4n) is 5.17. The lowest BCUT2D eigenvalue weighted by Crippen LogP contribution is -2.62. The molecule has 0 saturated heterocycles. The zero-order chi connectivity index (χ0) is 28.4. The Bertz CT molecular complexity index is 1260. The van der Waals surface area contributed by atoms with Crippen molar-refractivity contribution in [2.75, 3.05) is 4.90 Å². The number of carbonyl (C=O) groups excluding carboxylic acids is 2. The van der Waals surface area contributed by atoms with Crippen LogP contribution in [-0.4, -0.2) is 47.2 Å². The van der Waals surface area contributed by atoms with E-state index in [0.29, 0.717) is 17.0 Å². The highest BCUT2D eigenvalue weighted by molar-refractivity contribution is 8.45. The fourth-order valence-corrected chi connectivity index (χ4v) is 5.91. The van der Waals surface area contributed by atoms with Crippen LogP contribution in [0.1, 0.15) is 24.8 Å². The van der Waals surface area contributed by atoms with Gasteiger partial charge in [0.05, 0.1) is 0 Å². The van der Waals surface area contributed by atoms with Gasteiger partial charge in [0.25, 0.3) is 17.5 Å². The molecule has 5 atom stereocenters. The summed E-state index contributed by atoms with van der Waals surface area (Å²) in [5.41, 5.74) is -5.82. The first-order valence-electron chi connectivity index (χ1n) is 11.1. The van der Waals surface area contributed by atoms with Crippen LogP contribution in [-0.2, 0) is 15.0 Å². The summed E-state index contributed by atoms with van der Waals surface area (Å²) < 4.78 is 108. The number of fused-ring (bicyclic) bond motifs is 2. The van der Waals surface area contributed by atoms with Gasteiger partial charge in [-0.3, -0.25) is 14.5 Å². The summed E-state index contributed by atoms with van der Waals surface area (Å²) in [5, 5.41) is 2.60.